The lowest BCUT2D eigenvalue weighted by Gasteiger charge is -2.41. The highest BCUT2D eigenvalue weighted by Crippen LogP contribution is 2.19. The summed E-state index contributed by atoms with van der Waals surface area (Å²) >= 11 is 3.28. The summed E-state index contributed by atoms with van der Waals surface area (Å²) < 4.78 is 14.7. The summed E-state index contributed by atoms with van der Waals surface area (Å²) in [4.78, 5) is 4.58. The van der Waals surface area contributed by atoms with Crippen LogP contribution in [-0.2, 0) is 6.42 Å². The van der Waals surface area contributed by atoms with E-state index in [0.29, 0.717) is 12.0 Å². The summed E-state index contributed by atoms with van der Waals surface area (Å²) in [6.45, 7) is 2.99. The molecule has 1 aliphatic rings. The molecule has 1 saturated heterocycles. The molecule has 4 nitrogen and oxygen atoms in total. The Morgan fingerprint density at radius 2 is 2.20 bits per heavy atom. The van der Waals surface area contributed by atoms with Crippen molar-refractivity contribution in [2.75, 3.05) is 33.7 Å². The molecular weight excluding hydrogens is 323 g/mol. The molecule has 0 spiro atoms. The van der Waals surface area contributed by atoms with Crippen molar-refractivity contribution in [3.63, 3.8) is 0 Å². The first-order valence-electron chi connectivity index (χ1n) is 6.80. The number of likely N-dealkylation sites (N-methyl/N-ethyl adjacent to an activating group) is 2. The number of hydrogen-bond donors (Lipinski definition) is 2. The van der Waals surface area contributed by atoms with E-state index in [0.717, 1.165) is 24.1 Å². The normalized spacial score (nSPS) is 22.9. The van der Waals surface area contributed by atoms with Gasteiger partial charge >= 0.3 is 0 Å². The van der Waals surface area contributed by atoms with Crippen molar-refractivity contribution in [3.8, 4) is 0 Å². The van der Waals surface area contributed by atoms with Gasteiger partial charge in [0, 0.05) is 36.2 Å². The van der Waals surface area contributed by atoms with Crippen LogP contribution in [0, 0.1) is 5.82 Å². The van der Waals surface area contributed by atoms with Gasteiger partial charge in [-0.1, -0.05) is 22.0 Å². The van der Waals surface area contributed by atoms with Crippen LogP contribution in [0.2, 0.25) is 0 Å². The molecule has 0 aromatic heterocycles. The van der Waals surface area contributed by atoms with E-state index in [1.54, 1.807) is 0 Å². The minimum absolute atomic E-state index is 0.0263. The third kappa shape index (κ3) is 3.77. The van der Waals surface area contributed by atoms with E-state index in [2.05, 4.69) is 45.3 Å². The van der Waals surface area contributed by atoms with Gasteiger partial charge in [0.25, 0.3) is 0 Å². The largest absolute Gasteiger partial charge is 0.303 e. The van der Waals surface area contributed by atoms with Crippen molar-refractivity contribution in [1.29, 1.82) is 0 Å². The summed E-state index contributed by atoms with van der Waals surface area (Å²) in [6.07, 6.45) is 0.582. The predicted octanol–water partition coefficient (Wildman–Crippen LogP) is 1.21. The van der Waals surface area contributed by atoms with Crippen LogP contribution < -0.4 is 11.3 Å². The SMILES string of the molecule is CN1CCN(C)C(C(Cc2ccc(Br)cc2F)NN)C1. The Labute approximate surface area is 128 Å². The standard InChI is InChI=1S/C14H22BrFN4/c1-19-5-6-20(2)14(9-19)13(18-17)7-10-3-4-11(15)8-12(10)16/h3-4,8,13-14,18H,5-7,9,17H2,1-2H3. The van der Waals surface area contributed by atoms with E-state index in [-0.39, 0.29) is 17.9 Å². The van der Waals surface area contributed by atoms with E-state index >= 15 is 0 Å². The average Bonchev–Trinajstić information content (AvgIpc) is 2.41. The Bertz CT molecular complexity index is 457. The second-order valence-electron chi connectivity index (χ2n) is 5.52. The highest BCUT2D eigenvalue weighted by Gasteiger charge is 2.29. The van der Waals surface area contributed by atoms with Crippen molar-refractivity contribution in [1.82, 2.24) is 15.2 Å². The molecule has 0 saturated carbocycles. The Morgan fingerprint density at radius 1 is 1.45 bits per heavy atom. The number of hydrazine groups is 1. The van der Waals surface area contributed by atoms with Gasteiger partial charge in [-0.05, 0) is 38.2 Å². The van der Waals surface area contributed by atoms with Gasteiger partial charge in [0.05, 0.1) is 0 Å². The van der Waals surface area contributed by atoms with Gasteiger partial charge < -0.3 is 4.90 Å². The lowest BCUT2D eigenvalue weighted by atomic mass is 9.97. The summed E-state index contributed by atoms with van der Waals surface area (Å²) in [5.41, 5.74) is 3.56. The number of nitrogens with one attached hydrogen (secondary N) is 1. The summed E-state index contributed by atoms with van der Waals surface area (Å²) in [5, 5.41) is 0. The van der Waals surface area contributed by atoms with Crippen LogP contribution in [0.1, 0.15) is 5.56 Å². The van der Waals surface area contributed by atoms with Gasteiger partial charge in [0.1, 0.15) is 5.82 Å². The molecule has 3 N–H and O–H groups in total. The zero-order valence-corrected chi connectivity index (χ0v) is 13.5. The van der Waals surface area contributed by atoms with Gasteiger partial charge in [-0.3, -0.25) is 16.2 Å². The second-order valence-corrected chi connectivity index (χ2v) is 6.44. The van der Waals surface area contributed by atoms with Crippen molar-refractivity contribution in [2.45, 2.75) is 18.5 Å². The van der Waals surface area contributed by atoms with Crippen molar-refractivity contribution in [3.05, 3.63) is 34.1 Å². The molecule has 0 radical (unpaired) electrons. The van der Waals surface area contributed by atoms with E-state index in [1.165, 1.54) is 6.07 Å². The maximum absolute atomic E-state index is 14.0. The van der Waals surface area contributed by atoms with Crippen molar-refractivity contribution in [2.24, 2.45) is 5.84 Å². The number of nitrogens with two attached hydrogens (primary N) is 1. The topological polar surface area (TPSA) is 44.5 Å². The summed E-state index contributed by atoms with van der Waals surface area (Å²) in [6, 6.07) is 5.48. The van der Waals surface area contributed by atoms with E-state index < -0.39 is 0 Å². The third-order valence-corrected chi connectivity index (χ3v) is 4.53. The average molecular weight is 345 g/mol. The van der Waals surface area contributed by atoms with Gasteiger partial charge in [-0.25, -0.2) is 4.39 Å². The molecule has 1 fully saturated rings. The molecule has 1 aromatic rings. The fraction of sp³-hybridized carbons (Fsp3) is 0.571. The number of nitrogens with zero attached hydrogens (tertiary/aromatic N) is 2. The Hall–Kier alpha value is -0.530. The molecule has 0 bridgehead atoms. The highest BCUT2D eigenvalue weighted by molar-refractivity contribution is 9.10. The van der Waals surface area contributed by atoms with Crippen LogP contribution in [0.3, 0.4) is 0 Å². The number of rotatable bonds is 4. The number of benzene rings is 1. The summed E-state index contributed by atoms with van der Waals surface area (Å²) in [7, 11) is 4.20. The fourth-order valence-electron chi connectivity index (χ4n) is 2.71. The fourth-order valence-corrected chi connectivity index (χ4v) is 3.04. The zero-order chi connectivity index (χ0) is 14.7. The molecule has 2 rings (SSSR count). The van der Waals surface area contributed by atoms with Crippen molar-refractivity contribution >= 4 is 15.9 Å². The lowest BCUT2D eigenvalue weighted by molar-refractivity contribution is 0.0874. The zero-order valence-electron chi connectivity index (χ0n) is 11.9. The molecule has 112 valence electrons. The number of hydrogen-bond acceptors (Lipinski definition) is 4. The first kappa shape index (κ1) is 15.9. The first-order chi connectivity index (χ1) is 9.51. The Balaban J connectivity index is 2.11. The van der Waals surface area contributed by atoms with E-state index in [1.807, 2.05) is 12.1 Å². The van der Waals surface area contributed by atoms with Crippen LogP contribution in [-0.4, -0.2) is 55.6 Å². The molecular formula is C14H22BrFN4. The van der Waals surface area contributed by atoms with E-state index in [9.17, 15) is 4.39 Å². The molecule has 1 aromatic carbocycles. The monoisotopic (exact) mass is 344 g/mol. The van der Waals surface area contributed by atoms with Gasteiger partial charge in [0.15, 0.2) is 0 Å². The maximum Gasteiger partial charge on any atom is 0.127 e. The number of piperazine rings is 1. The van der Waals surface area contributed by atoms with Crippen molar-refractivity contribution < 1.29 is 4.39 Å². The van der Waals surface area contributed by atoms with Crippen LogP contribution >= 0.6 is 15.9 Å². The third-order valence-electron chi connectivity index (χ3n) is 4.03. The van der Waals surface area contributed by atoms with Crippen LogP contribution in [0.5, 0.6) is 0 Å². The minimum atomic E-state index is -0.188. The molecule has 1 heterocycles. The van der Waals surface area contributed by atoms with Crippen LogP contribution in [0.4, 0.5) is 4.39 Å². The first-order valence-corrected chi connectivity index (χ1v) is 7.59. The predicted molar refractivity (Wildman–Crippen MR) is 82.8 cm³/mol. The molecule has 0 aliphatic carbocycles. The Morgan fingerprint density at radius 3 is 2.85 bits per heavy atom. The summed E-state index contributed by atoms with van der Waals surface area (Å²) in [5.74, 6) is 5.52. The number of halogens is 2. The molecule has 0 amide bonds. The lowest BCUT2D eigenvalue weighted by Crippen LogP contribution is -2.60. The second kappa shape index (κ2) is 6.95. The quantitative estimate of drug-likeness (QED) is 0.636. The van der Waals surface area contributed by atoms with Crippen LogP contribution in [0.25, 0.3) is 0 Å². The van der Waals surface area contributed by atoms with E-state index in [4.69, 9.17) is 5.84 Å². The smallest absolute Gasteiger partial charge is 0.127 e. The maximum atomic E-state index is 14.0. The molecule has 20 heavy (non-hydrogen) atoms. The molecule has 6 heteroatoms. The highest BCUT2D eigenvalue weighted by atomic mass is 79.9. The van der Waals surface area contributed by atoms with Gasteiger partial charge in [0.2, 0.25) is 0 Å². The molecule has 2 unspecified atom stereocenters. The molecule has 1 aliphatic heterocycles. The van der Waals surface area contributed by atoms with Gasteiger partial charge in [-0.15, -0.1) is 0 Å². The Kier molecular flexibility index (Phi) is 5.51. The van der Waals surface area contributed by atoms with Gasteiger partial charge in [-0.2, -0.15) is 0 Å². The van der Waals surface area contributed by atoms with Crippen LogP contribution in [0.15, 0.2) is 22.7 Å². The minimum Gasteiger partial charge on any atom is -0.303 e. The molecule has 2 atom stereocenters.